The molecule has 7 heteroatoms. The third-order valence-electron chi connectivity index (χ3n) is 2.18. The van der Waals surface area contributed by atoms with Crippen molar-refractivity contribution < 1.29 is 18.0 Å². The van der Waals surface area contributed by atoms with Crippen LogP contribution in [0, 0.1) is 0 Å². The van der Waals surface area contributed by atoms with Gasteiger partial charge in [0.1, 0.15) is 5.69 Å². The number of rotatable bonds is 3. The predicted molar refractivity (Wildman–Crippen MR) is 61.5 cm³/mol. The molecule has 100 valence electrons. The summed E-state index contributed by atoms with van der Waals surface area (Å²) in [6.07, 6.45) is -3.81. The molecular weight excluding hydrogens is 269 g/mol. The molecule has 0 aliphatic rings. The van der Waals surface area contributed by atoms with Gasteiger partial charge in [-0.25, -0.2) is 0 Å². The van der Waals surface area contributed by atoms with Gasteiger partial charge in [0, 0.05) is 25.2 Å². The third-order valence-corrected chi connectivity index (χ3v) is 2.32. The van der Waals surface area contributed by atoms with Crippen LogP contribution < -0.4 is 0 Å². The molecule has 1 amide bonds. The van der Waals surface area contributed by atoms with Crippen molar-refractivity contribution >= 4 is 17.5 Å². The molecule has 1 unspecified atom stereocenters. The van der Waals surface area contributed by atoms with Crippen LogP contribution >= 0.6 is 11.6 Å². The Hall–Kier alpha value is -1.30. The summed E-state index contributed by atoms with van der Waals surface area (Å²) >= 11 is 5.73. The van der Waals surface area contributed by atoms with Crippen molar-refractivity contribution in [1.82, 2.24) is 9.88 Å². The fraction of sp³-hybridized carbons (Fsp3) is 0.455. The monoisotopic (exact) mass is 280 g/mol. The molecule has 1 rings (SSSR count). The van der Waals surface area contributed by atoms with Crippen LogP contribution in [0.5, 0.6) is 0 Å². The molecular formula is C11H12ClF3N2O. The Balaban J connectivity index is 2.82. The predicted octanol–water partition coefficient (Wildman–Crippen LogP) is 2.80. The van der Waals surface area contributed by atoms with E-state index in [2.05, 4.69) is 4.98 Å². The number of amides is 1. The van der Waals surface area contributed by atoms with E-state index in [1.807, 2.05) is 0 Å². The van der Waals surface area contributed by atoms with Gasteiger partial charge in [0.2, 0.25) is 0 Å². The molecule has 0 saturated heterocycles. The van der Waals surface area contributed by atoms with E-state index in [1.54, 1.807) is 6.92 Å². The Labute approximate surface area is 108 Å². The molecule has 1 atom stereocenters. The molecule has 1 aromatic rings. The van der Waals surface area contributed by atoms with Gasteiger partial charge in [-0.2, -0.15) is 13.2 Å². The third kappa shape index (κ3) is 3.87. The van der Waals surface area contributed by atoms with Crippen molar-refractivity contribution in [3.05, 3.63) is 29.6 Å². The Bertz CT molecular complexity index is 417. The zero-order valence-electron chi connectivity index (χ0n) is 9.83. The van der Waals surface area contributed by atoms with Crippen molar-refractivity contribution in [2.24, 2.45) is 0 Å². The molecule has 0 saturated carbocycles. The highest BCUT2D eigenvalue weighted by molar-refractivity contribution is 6.20. The fourth-order valence-electron chi connectivity index (χ4n) is 1.34. The van der Waals surface area contributed by atoms with Crippen LogP contribution in [0.15, 0.2) is 18.3 Å². The minimum absolute atomic E-state index is 0.0391. The molecule has 0 fully saturated rings. The zero-order chi connectivity index (χ0) is 13.9. The number of carbonyl (C=O) groups is 1. The first-order valence-corrected chi connectivity index (χ1v) is 5.58. The lowest BCUT2D eigenvalue weighted by Gasteiger charge is -2.18. The molecule has 0 N–H and O–H groups in total. The van der Waals surface area contributed by atoms with Crippen LogP contribution in [0.3, 0.4) is 0 Å². The molecule has 0 radical (unpaired) electrons. The summed E-state index contributed by atoms with van der Waals surface area (Å²) in [6.45, 7) is 2.01. The number of nitrogens with zero attached hydrogens (tertiary/aromatic N) is 2. The van der Waals surface area contributed by atoms with Crippen LogP contribution in [-0.2, 0) is 6.18 Å². The van der Waals surface area contributed by atoms with Crippen LogP contribution in [0.25, 0.3) is 0 Å². The van der Waals surface area contributed by atoms with Crippen molar-refractivity contribution in [1.29, 1.82) is 0 Å². The van der Waals surface area contributed by atoms with Crippen LogP contribution in [0.2, 0.25) is 0 Å². The minimum Gasteiger partial charge on any atom is -0.339 e. The van der Waals surface area contributed by atoms with E-state index in [0.29, 0.717) is 12.7 Å². The second kappa shape index (κ2) is 5.56. The number of halogens is 4. The second-order valence-electron chi connectivity index (χ2n) is 3.90. The molecule has 3 nitrogen and oxygen atoms in total. The van der Waals surface area contributed by atoms with Crippen LogP contribution in [0.4, 0.5) is 13.2 Å². The Morgan fingerprint density at radius 2 is 2.11 bits per heavy atom. The summed E-state index contributed by atoms with van der Waals surface area (Å²) in [6, 6.07) is 1.89. The van der Waals surface area contributed by atoms with E-state index in [1.165, 1.54) is 11.9 Å². The average molecular weight is 281 g/mol. The quantitative estimate of drug-likeness (QED) is 0.798. The van der Waals surface area contributed by atoms with Crippen molar-refractivity contribution in [3.8, 4) is 0 Å². The lowest BCUT2D eigenvalue weighted by Crippen LogP contribution is -2.32. The number of alkyl halides is 4. The van der Waals surface area contributed by atoms with Gasteiger partial charge in [0.25, 0.3) is 5.91 Å². The smallest absolute Gasteiger partial charge is 0.339 e. The van der Waals surface area contributed by atoms with E-state index >= 15 is 0 Å². The number of aromatic nitrogens is 1. The van der Waals surface area contributed by atoms with E-state index < -0.39 is 17.6 Å². The highest BCUT2D eigenvalue weighted by atomic mass is 35.5. The number of carbonyl (C=O) groups excluding carboxylic acids is 1. The first-order chi connectivity index (χ1) is 8.21. The summed E-state index contributed by atoms with van der Waals surface area (Å²) < 4.78 is 36.9. The molecule has 1 aromatic heterocycles. The standard InChI is InChI=1S/C11H12ClF3N2O/c1-7(12)6-17(2)10(18)9-4-3-8(5-16-9)11(13,14)15/h3-5,7H,6H2,1-2H3. The summed E-state index contributed by atoms with van der Waals surface area (Å²) in [4.78, 5) is 16.6. The molecule has 0 aliphatic heterocycles. The van der Waals surface area contributed by atoms with Gasteiger partial charge >= 0.3 is 6.18 Å². The van der Waals surface area contributed by atoms with Crippen LogP contribution in [-0.4, -0.2) is 34.8 Å². The molecule has 18 heavy (non-hydrogen) atoms. The molecule has 1 heterocycles. The molecule has 0 aliphatic carbocycles. The maximum Gasteiger partial charge on any atom is 0.417 e. The molecule has 0 aromatic carbocycles. The highest BCUT2D eigenvalue weighted by Crippen LogP contribution is 2.28. The van der Waals surface area contributed by atoms with Crippen molar-refractivity contribution in [2.75, 3.05) is 13.6 Å². The normalized spacial score (nSPS) is 13.2. The van der Waals surface area contributed by atoms with Crippen molar-refractivity contribution in [2.45, 2.75) is 18.5 Å². The topological polar surface area (TPSA) is 33.2 Å². The maximum atomic E-state index is 12.3. The van der Waals surface area contributed by atoms with E-state index in [9.17, 15) is 18.0 Å². The van der Waals surface area contributed by atoms with Gasteiger partial charge < -0.3 is 4.90 Å². The Morgan fingerprint density at radius 3 is 2.50 bits per heavy atom. The number of pyridine rings is 1. The minimum atomic E-state index is -4.45. The lowest BCUT2D eigenvalue weighted by atomic mass is 10.2. The second-order valence-corrected chi connectivity index (χ2v) is 4.64. The highest BCUT2D eigenvalue weighted by Gasteiger charge is 2.31. The Morgan fingerprint density at radius 1 is 1.50 bits per heavy atom. The largest absolute Gasteiger partial charge is 0.417 e. The van der Waals surface area contributed by atoms with E-state index in [0.717, 1.165) is 12.1 Å². The van der Waals surface area contributed by atoms with Gasteiger partial charge in [-0.1, -0.05) is 0 Å². The van der Waals surface area contributed by atoms with Crippen molar-refractivity contribution in [3.63, 3.8) is 0 Å². The Kier molecular flexibility index (Phi) is 4.56. The summed E-state index contributed by atoms with van der Waals surface area (Å²) in [7, 11) is 1.51. The molecule has 0 spiro atoms. The summed E-state index contributed by atoms with van der Waals surface area (Å²) in [5, 5.41) is -0.242. The van der Waals surface area contributed by atoms with Gasteiger partial charge in [0.05, 0.1) is 5.56 Å². The van der Waals surface area contributed by atoms with E-state index in [4.69, 9.17) is 11.6 Å². The molecule has 0 bridgehead atoms. The lowest BCUT2D eigenvalue weighted by molar-refractivity contribution is -0.137. The SMILES string of the molecule is CC(Cl)CN(C)C(=O)c1ccc(C(F)(F)F)cn1. The number of hydrogen-bond acceptors (Lipinski definition) is 2. The summed E-state index contributed by atoms with van der Waals surface area (Å²) in [5.74, 6) is -0.462. The van der Waals surface area contributed by atoms with Gasteiger partial charge in [-0.15, -0.1) is 11.6 Å². The fourth-order valence-corrected chi connectivity index (χ4v) is 1.55. The zero-order valence-corrected chi connectivity index (χ0v) is 10.6. The average Bonchev–Trinajstić information content (AvgIpc) is 2.26. The first-order valence-electron chi connectivity index (χ1n) is 5.14. The van der Waals surface area contributed by atoms with Gasteiger partial charge in [-0.3, -0.25) is 9.78 Å². The van der Waals surface area contributed by atoms with E-state index in [-0.39, 0.29) is 11.1 Å². The summed E-state index contributed by atoms with van der Waals surface area (Å²) in [5.41, 5.74) is -0.921. The van der Waals surface area contributed by atoms with Gasteiger partial charge in [0.15, 0.2) is 0 Å². The van der Waals surface area contributed by atoms with Crippen LogP contribution in [0.1, 0.15) is 23.0 Å². The number of hydrogen-bond donors (Lipinski definition) is 0. The van der Waals surface area contributed by atoms with Gasteiger partial charge in [-0.05, 0) is 19.1 Å². The maximum absolute atomic E-state index is 12.3. The first kappa shape index (κ1) is 14.8.